The van der Waals surface area contributed by atoms with Gasteiger partial charge in [0.2, 0.25) is 17.7 Å². The van der Waals surface area contributed by atoms with E-state index in [4.69, 9.17) is 0 Å². The van der Waals surface area contributed by atoms with Crippen LogP contribution in [0.25, 0.3) is 0 Å². The van der Waals surface area contributed by atoms with E-state index in [-0.39, 0.29) is 48.6 Å². The van der Waals surface area contributed by atoms with E-state index in [0.29, 0.717) is 12.8 Å². The van der Waals surface area contributed by atoms with E-state index in [1.54, 1.807) is 0 Å². The minimum absolute atomic E-state index is 0.0317. The van der Waals surface area contributed by atoms with Gasteiger partial charge in [-0.25, -0.2) is 0 Å². The number of allylic oxidation sites excluding steroid dienone is 2. The van der Waals surface area contributed by atoms with Gasteiger partial charge in [0.15, 0.2) is 0 Å². The molecule has 3 unspecified atom stereocenters. The van der Waals surface area contributed by atoms with Gasteiger partial charge < -0.3 is 5.32 Å². The molecule has 1 aromatic carbocycles. The van der Waals surface area contributed by atoms with Crippen molar-refractivity contribution in [2.24, 2.45) is 11.8 Å². The van der Waals surface area contributed by atoms with Gasteiger partial charge in [-0.3, -0.25) is 19.3 Å². The Balaban J connectivity index is 1.35. The van der Waals surface area contributed by atoms with Gasteiger partial charge in [0.05, 0.1) is 17.9 Å². The summed E-state index contributed by atoms with van der Waals surface area (Å²) in [5.74, 6) is -0.762. The highest BCUT2D eigenvalue weighted by Gasteiger charge is 2.46. The fourth-order valence-electron chi connectivity index (χ4n) is 4.47. The van der Waals surface area contributed by atoms with Crippen molar-refractivity contribution in [1.82, 2.24) is 10.2 Å². The van der Waals surface area contributed by atoms with Crippen molar-refractivity contribution in [1.29, 1.82) is 0 Å². The number of aryl methyl sites for hydroxylation is 1. The van der Waals surface area contributed by atoms with Crippen molar-refractivity contribution in [2.45, 2.75) is 44.6 Å². The normalized spacial score (nSPS) is 27.2. The van der Waals surface area contributed by atoms with E-state index in [2.05, 4.69) is 17.4 Å². The number of carbonyl (C=O) groups excluding carboxylic acids is 3. The van der Waals surface area contributed by atoms with Crippen molar-refractivity contribution in [2.75, 3.05) is 6.54 Å². The number of carbonyl (C=O) groups is 3. The Kier molecular flexibility index (Phi) is 4.62. The summed E-state index contributed by atoms with van der Waals surface area (Å²) in [6.45, 7) is 0.185. The van der Waals surface area contributed by atoms with Crippen LogP contribution in [-0.4, -0.2) is 29.2 Å². The molecule has 1 N–H and O–H groups in total. The number of rotatable bonds is 4. The molecule has 1 heterocycles. The molecule has 2 aliphatic carbocycles. The molecule has 1 aromatic rings. The van der Waals surface area contributed by atoms with E-state index >= 15 is 0 Å². The lowest BCUT2D eigenvalue weighted by molar-refractivity contribution is -0.140. The van der Waals surface area contributed by atoms with Crippen molar-refractivity contribution in [3.8, 4) is 0 Å². The van der Waals surface area contributed by atoms with Crippen LogP contribution in [0.5, 0.6) is 0 Å². The van der Waals surface area contributed by atoms with Crippen molar-refractivity contribution in [3.63, 3.8) is 0 Å². The third-order valence-electron chi connectivity index (χ3n) is 5.87. The van der Waals surface area contributed by atoms with E-state index in [0.717, 1.165) is 19.3 Å². The van der Waals surface area contributed by atoms with Crippen LogP contribution >= 0.6 is 0 Å². The first-order valence-corrected chi connectivity index (χ1v) is 9.52. The standard InChI is InChI=1S/C21H24N2O3/c24-19(22-18-11-5-7-14-6-1-2-8-15(14)18)12-13-23-20(25)16-9-3-4-10-17(16)21(23)26/h1-4,6,8,16-18H,5,7,9-13H2,(H,22,24). The topological polar surface area (TPSA) is 66.5 Å². The molecule has 3 amide bonds. The molecule has 0 radical (unpaired) electrons. The second-order valence-electron chi connectivity index (χ2n) is 7.45. The van der Waals surface area contributed by atoms with Crippen LogP contribution in [0, 0.1) is 11.8 Å². The monoisotopic (exact) mass is 352 g/mol. The SMILES string of the molecule is O=C(CCN1C(=O)C2CC=CCC2C1=O)NC1CCCc2ccccc21. The molecule has 1 aliphatic heterocycles. The summed E-state index contributed by atoms with van der Waals surface area (Å²) in [6.07, 6.45) is 8.43. The van der Waals surface area contributed by atoms with Gasteiger partial charge in [-0.15, -0.1) is 0 Å². The minimum atomic E-state index is -0.221. The maximum Gasteiger partial charge on any atom is 0.233 e. The van der Waals surface area contributed by atoms with Crippen LogP contribution in [0.3, 0.4) is 0 Å². The Morgan fingerprint density at radius 1 is 1.08 bits per heavy atom. The second-order valence-corrected chi connectivity index (χ2v) is 7.45. The molecular formula is C21H24N2O3. The number of imide groups is 1. The predicted molar refractivity (Wildman–Crippen MR) is 97.0 cm³/mol. The molecular weight excluding hydrogens is 328 g/mol. The van der Waals surface area contributed by atoms with E-state index in [1.165, 1.54) is 16.0 Å². The summed E-state index contributed by atoms with van der Waals surface area (Å²) in [6, 6.07) is 8.25. The number of benzene rings is 1. The molecule has 26 heavy (non-hydrogen) atoms. The molecule has 5 nitrogen and oxygen atoms in total. The molecule has 0 bridgehead atoms. The first-order chi connectivity index (χ1) is 12.6. The lowest BCUT2D eigenvalue weighted by Crippen LogP contribution is -2.37. The second kappa shape index (κ2) is 7.06. The first kappa shape index (κ1) is 17.0. The van der Waals surface area contributed by atoms with E-state index in [9.17, 15) is 14.4 Å². The Labute approximate surface area is 153 Å². The minimum Gasteiger partial charge on any atom is -0.349 e. The van der Waals surface area contributed by atoms with Crippen LogP contribution in [0.4, 0.5) is 0 Å². The zero-order valence-electron chi connectivity index (χ0n) is 14.8. The number of nitrogens with zero attached hydrogens (tertiary/aromatic N) is 1. The van der Waals surface area contributed by atoms with E-state index < -0.39 is 0 Å². The summed E-state index contributed by atoms with van der Waals surface area (Å²) in [5.41, 5.74) is 2.49. The van der Waals surface area contributed by atoms with Crippen LogP contribution in [0.15, 0.2) is 36.4 Å². The van der Waals surface area contributed by atoms with Gasteiger partial charge in [0, 0.05) is 13.0 Å². The highest BCUT2D eigenvalue weighted by atomic mass is 16.2. The molecule has 3 atom stereocenters. The van der Waals surface area contributed by atoms with Gasteiger partial charge in [-0.1, -0.05) is 36.4 Å². The summed E-state index contributed by atoms with van der Waals surface area (Å²) in [4.78, 5) is 38.6. The first-order valence-electron chi connectivity index (χ1n) is 9.52. The number of hydrogen-bond donors (Lipinski definition) is 1. The Hall–Kier alpha value is -2.43. The number of likely N-dealkylation sites (tertiary alicyclic amines) is 1. The Bertz CT molecular complexity index is 744. The fourth-order valence-corrected chi connectivity index (χ4v) is 4.47. The summed E-state index contributed by atoms with van der Waals surface area (Å²) in [7, 11) is 0. The van der Waals surface area contributed by atoms with Crippen LogP contribution in [-0.2, 0) is 20.8 Å². The summed E-state index contributed by atoms with van der Waals surface area (Å²) < 4.78 is 0. The Morgan fingerprint density at radius 3 is 2.50 bits per heavy atom. The molecule has 5 heteroatoms. The van der Waals surface area contributed by atoms with Gasteiger partial charge in [0.25, 0.3) is 0 Å². The molecule has 1 saturated heterocycles. The summed E-state index contributed by atoms with van der Waals surface area (Å²) in [5, 5.41) is 3.09. The molecule has 136 valence electrons. The van der Waals surface area contributed by atoms with Gasteiger partial charge in [-0.05, 0) is 43.2 Å². The lowest BCUT2D eigenvalue weighted by atomic mass is 9.85. The van der Waals surface area contributed by atoms with Crippen LogP contribution in [0.1, 0.15) is 49.3 Å². The van der Waals surface area contributed by atoms with Crippen LogP contribution < -0.4 is 5.32 Å². The maximum absolute atomic E-state index is 12.5. The molecule has 0 aromatic heterocycles. The fraction of sp³-hybridized carbons (Fsp3) is 0.476. The maximum atomic E-state index is 12.5. The number of nitrogens with one attached hydrogen (secondary N) is 1. The number of hydrogen-bond acceptors (Lipinski definition) is 3. The predicted octanol–water partition coefficient (Wildman–Crippen LogP) is 2.52. The van der Waals surface area contributed by atoms with Crippen LogP contribution in [0.2, 0.25) is 0 Å². The molecule has 4 rings (SSSR count). The third kappa shape index (κ3) is 3.06. The van der Waals surface area contributed by atoms with E-state index in [1.807, 2.05) is 24.3 Å². The molecule has 0 spiro atoms. The average molecular weight is 352 g/mol. The third-order valence-corrected chi connectivity index (χ3v) is 5.87. The Morgan fingerprint density at radius 2 is 1.77 bits per heavy atom. The van der Waals surface area contributed by atoms with Crippen molar-refractivity contribution >= 4 is 17.7 Å². The molecule has 0 saturated carbocycles. The van der Waals surface area contributed by atoms with Gasteiger partial charge in [0.1, 0.15) is 0 Å². The summed E-state index contributed by atoms with van der Waals surface area (Å²) >= 11 is 0. The quantitative estimate of drug-likeness (QED) is 0.669. The highest BCUT2D eigenvalue weighted by Crippen LogP contribution is 2.35. The highest BCUT2D eigenvalue weighted by molar-refractivity contribution is 6.05. The van der Waals surface area contributed by atoms with Gasteiger partial charge >= 0.3 is 0 Å². The molecule has 3 aliphatic rings. The number of amides is 3. The smallest absolute Gasteiger partial charge is 0.233 e. The average Bonchev–Trinajstić information content (AvgIpc) is 2.91. The lowest BCUT2D eigenvalue weighted by Gasteiger charge is -2.26. The van der Waals surface area contributed by atoms with Crippen molar-refractivity contribution < 1.29 is 14.4 Å². The van der Waals surface area contributed by atoms with Gasteiger partial charge in [-0.2, -0.15) is 0 Å². The number of fused-ring (bicyclic) bond motifs is 2. The zero-order valence-corrected chi connectivity index (χ0v) is 14.8. The molecule has 1 fully saturated rings. The van der Waals surface area contributed by atoms with Crippen molar-refractivity contribution in [3.05, 3.63) is 47.5 Å². The zero-order chi connectivity index (χ0) is 18.1. The largest absolute Gasteiger partial charge is 0.349 e.